The number of carbonyl (C=O) groups excluding carboxylic acids is 3. The molecule has 0 saturated carbocycles. The molecule has 1 heterocycles. The van der Waals surface area contributed by atoms with E-state index in [4.69, 9.17) is 9.47 Å². The van der Waals surface area contributed by atoms with Crippen LogP contribution in [0.1, 0.15) is 47.5 Å². The molecule has 2 aliphatic carbocycles. The molecule has 0 spiro atoms. The van der Waals surface area contributed by atoms with Gasteiger partial charge in [0.15, 0.2) is 5.78 Å². The van der Waals surface area contributed by atoms with Crippen LogP contribution >= 0.6 is 0 Å². The Labute approximate surface area is 147 Å². The van der Waals surface area contributed by atoms with E-state index in [9.17, 15) is 14.4 Å². The number of esters is 2. The van der Waals surface area contributed by atoms with Crippen molar-refractivity contribution in [2.24, 2.45) is 11.8 Å². The van der Waals surface area contributed by atoms with Crippen LogP contribution in [0.25, 0.3) is 0 Å². The van der Waals surface area contributed by atoms with E-state index >= 15 is 0 Å². The summed E-state index contributed by atoms with van der Waals surface area (Å²) in [6.07, 6.45) is 3.87. The first kappa shape index (κ1) is 17.6. The van der Waals surface area contributed by atoms with Crippen molar-refractivity contribution in [3.8, 4) is 0 Å². The molecule has 4 atom stereocenters. The number of ketones is 1. The van der Waals surface area contributed by atoms with Gasteiger partial charge < -0.3 is 9.47 Å². The maximum atomic E-state index is 12.6. The Kier molecular flexibility index (Phi) is 4.21. The van der Waals surface area contributed by atoms with Crippen LogP contribution in [-0.4, -0.2) is 29.4 Å². The average Bonchev–Trinajstić information content (AvgIpc) is 2.83. The lowest BCUT2D eigenvalue weighted by Crippen LogP contribution is -2.44. The monoisotopic (exact) mass is 344 g/mol. The second kappa shape index (κ2) is 5.97. The molecule has 1 fully saturated rings. The Bertz CT molecular complexity index is 750. The zero-order valence-electron chi connectivity index (χ0n) is 15.3. The van der Waals surface area contributed by atoms with Gasteiger partial charge in [0.1, 0.15) is 6.10 Å². The molecule has 1 aliphatic heterocycles. The first-order valence-electron chi connectivity index (χ1n) is 8.66. The first-order valence-corrected chi connectivity index (χ1v) is 8.66. The van der Waals surface area contributed by atoms with Gasteiger partial charge in [0, 0.05) is 23.5 Å². The van der Waals surface area contributed by atoms with E-state index in [0.29, 0.717) is 12.8 Å². The zero-order valence-corrected chi connectivity index (χ0v) is 15.3. The van der Waals surface area contributed by atoms with Crippen LogP contribution in [0.3, 0.4) is 0 Å². The average molecular weight is 344 g/mol. The number of rotatable bonds is 2. The van der Waals surface area contributed by atoms with E-state index in [-0.39, 0.29) is 17.6 Å². The number of hydrogen-bond donors (Lipinski definition) is 0. The Morgan fingerprint density at radius 1 is 1.32 bits per heavy atom. The molecule has 3 aliphatic rings. The SMILES string of the molecule is CC(C)=CC(=O)OC1(C)C(=O)OC2C3C(C)=CC(=O)C3=C(C)CCC21. The van der Waals surface area contributed by atoms with E-state index in [2.05, 4.69) is 0 Å². The van der Waals surface area contributed by atoms with Crippen molar-refractivity contribution in [3.63, 3.8) is 0 Å². The zero-order chi connectivity index (χ0) is 18.5. The summed E-state index contributed by atoms with van der Waals surface area (Å²) in [5.41, 5.74) is 2.17. The molecule has 0 aromatic rings. The minimum Gasteiger partial charge on any atom is -0.458 e. The molecular weight excluding hydrogens is 320 g/mol. The minimum atomic E-state index is -1.32. The molecule has 0 radical (unpaired) electrons. The van der Waals surface area contributed by atoms with E-state index < -0.39 is 23.6 Å². The fraction of sp³-hybridized carbons (Fsp3) is 0.550. The lowest BCUT2D eigenvalue weighted by molar-refractivity contribution is -0.170. The van der Waals surface area contributed by atoms with Crippen LogP contribution in [0.15, 0.2) is 34.4 Å². The summed E-state index contributed by atoms with van der Waals surface area (Å²) in [6, 6.07) is 0. The highest BCUT2D eigenvalue weighted by Crippen LogP contribution is 2.50. The van der Waals surface area contributed by atoms with E-state index in [1.807, 2.05) is 13.8 Å². The topological polar surface area (TPSA) is 69.7 Å². The largest absolute Gasteiger partial charge is 0.458 e. The number of ether oxygens (including phenoxy) is 2. The Morgan fingerprint density at radius 3 is 2.64 bits per heavy atom. The van der Waals surface area contributed by atoms with Gasteiger partial charge >= 0.3 is 11.9 Å². The van der Waals surface area contributed by atoms with Crippen molar-refractivity contribution >= 4 is 17.7 Å². The summed E-state index contributed by atoms with van der Waals surface area (Å²) < 4.78 is 11.3. The van der Waals surface area contributed by atoms with Crippen LogP contribution in [0.4, 0.5) is 0 Å². The van der Waals surface area contributed by atoms with E-state index in [1.165, 1.54) is 6.08 Å². The molecule has 0 bridgehead atoms. The van der Waals surface area contributed by atoms with Crippen molar-refractivity contribution in [2.75, 3.05) is 0 Å². The molecule has 0 aromatic carbocycles. The predicted octanol–water partition coefficient (Wildman–Crippen LogP) is 3.05. The molecule has 0 amide bonds. The maximum absolute atomic E-state index is 12.6. The van der Waals surface area contributed by atoms with Gasteiger partial charge in [-0.25, -0.2) is 9.59 Å². The van der Waals surface area contributed by atoms with Gasteiger partial charge in [-0.05, 0) is 53.5 Å². The molecule has 134 valence electrons. The number of fused-ring (bicyclic) bond motifs is 3. The quantitative estimate of drug-likeness (QED) is 0.569. The number of hydrogen-bond acceptors (Lipinski definition) is 5. The van der Waals surface area contributed by atoms with Crippen molar-refractivity contribution in [3.05, 3.63) is 34.4 Å². The van der Waals surface area contributed by atoms with Crippen molar-refractivity contribution in [1.29, 1.82) is 0 Å². The van der Waals surface area contributed by atoms with Gasteiger partial charge in [0.2, 0.25) is 5.60 Å². The highest BCUT2D eigenvalue weighted by atomic mass is 16.6. The molecule has 5 nitrogen and oxygen atoms in total. The third kappa shape index (κ3) is 2.75. The third-order valence-corrected chi connectivity index (χ3v) is 5.52. The molecule has 1 saturated heterocycles. The molecule has 0 aromatic heterocycles. The molecule has 3 rings (SSSR count). The normalized spacial score (nSPS) is 34.0. The fourth-order valence-electron chi connectivity index (χ4n) is 4.28. The summed E-state index contributed by atoms with van der Waals surface area (Å²) in [7, 11) is 0. The molecule has 25 heavy (non-hydrogen) atoms. The van der Waals surface area contributed by atoms with Gasteiger partial charge in [-0.3, -0.25) is 4.79 Å². The van der Waals surface area contributed by atoms with E-state index in [1.54, 1.807) is 26.8 Å². The second-order valence-electron chi connectivity index (χ2n) is 7.69. The molecule has 0 N–H and O–H groups in total. The van der Waals surface area contributed by atoms with Gasteiger partial charge in [0.25, 0.3) is 0 Å². The summed E-state index contributed by atoms with van der Waals surface area (Å²) in [5, 5.41) is 0. The van der Waals surface area contributed by atoms with Crippen LogP contribution in [0, 0.1) is 11.8 Å². The van der Waals surface area contributed by atoms with Crippen LogP contribution in [0.2, 0.25) is 0 Å². The van der Waals surface area contributed by atoms with Crippen molar-refractivity contribution < 1.29 is 23.9 Å². The summed E-state index contributed by atoms with van der Waals surface area (Å²) in [4.78, 5) is 37.1. The minimum absolute atomic E-state index is 0.00633. The summed E-state index contributed by atoms with van der Waals surface area (Å²) >= 11 is 0. The van der Waals surface area contributed by atoms with Gasteiger partial charge in [-0.1, -0.05) is 16.7 Å². The lowest BCUT2D eigenvalue weighted by Gasteiger charge is -2.29. The lowest BCUT2D eigenvalue weighted by atomic mass is 9.78. The van der Waals surface area contributed by atoms with Crippen LogP contribution in [-0.2, 0) is 23.9 Å². The second-order valence-corrected chi connectivity index (χ2v) is 7.69. The number of carbonyl (C=O) groups is 3. The van der Waals surface area contributed by atoms with Gasteiger partial charge in [-0.2, -0.15) is 0 Å². The third-order valence-electron chi connectivity index (χ3n) is 5.52. The van der Waals surface area contributed by atoms with Gasteiger partial charge in [0.05, 0.1) is 0 Å². The predicted molar refractivity (Wildman–Crippen MR) is 91.5 cm³/mol. The van der Waals surface area contributed by atoms with Crippen LogP contribution in [0.5, 0.6) is 0 Å². The highest BCUT2D eigenvalue weighted by molar-refractivity contribution is 6.09. The van der Waals surface area contributed by atoms with Crippen LogP contribution < -0.4 is 0 Å². The van der Waals surface area contributed by atoms with Gasteiger partial charge in [-0.15, -0.1) is 0 Å². The highest BCUT2D eigenvalue weighted by Gasteiger charge is 2.61. The Morgan fingerprint density at radius 2 is 2.00 bits per heavy atom. The number of allylic oxidation sites excluding steroid dienone is 3. The van der Waals surface area contributed by atoms with Crippen molar-refractivity contribution in [2.45, 2.75) is 59.2 Å². The smallest absolute Gasteiger partial charge is 0.351 e. The maximum Gasteiger partial charge on any atom is 0.351 e. The van der Waals surface area contributed by atoms with Crippen molar-refractivity contribution in [1.82, 2.24) is 0 Å². The standard InChI is InChI=1S/C20H24O5/c1-10(2)8-15(22)25-20(5)13-7-6-11(3)16-14(21)9-12(4)17(16)18(13)24-19(20)23/h8-9,13,17-18H,6-7H2,1-5H3. The van der Waals surface area contributed by atoms with E-state index in [0.717, 1.165) is 22.3 Å². The molecule has 4 unspecified atom stereocenters. The first-order chi connectivity index (χ1) is 11.6. The molecule has 5 heteroatoms. The Balaban J connectivity index is 1.97. The molecular formula is C20H24O5. The summed E-state index contributed by atoms with van der Waals surface area (Å²) in [5.74, 6) is -1.56. The fourth-order valence-corrected chi connectivity index (χ4v) is 4.28. The Hall–Kier alpha value is -2.17. The summed E-state index contributed by atoms with van der Waals surface area (Å²) in [6.45, 7) is 9.07.